The first-order valence-corrected chi connectivity index (χ1v) is 7.36. The average molecular weight is 279 g/mol. The minimum Gasteiger partial charge on any atom is -0.457 e. The Morgan fingerprint density at radius 3 is 2.38 bits per heavy atom. The fourth-order valence-corrected chi connectivity index (χ4v) is 3.53. The summed E-state index contributed by atoms with van der Waals surface area (Å²) in [5.41, 5.74) is 2.16. The summed E-state index contributed by atoms with van der Waals surface area (Å²) in [6.45, 7) is 0.802. The topological polar surface area (TPSA) is 29.5 Å². The predicted octanol–water partition coefficient (Wildman–Crippen LogP) is 3.52. The highest BCUT2D eigenvalue weighted by Crippen LogP contribution is 2.49. The van der Waals surface area contributed by atoms with Crippen LogP contribution in [0.15, 0.2) is 48.5 Å². The lowest BCUT2D eigenvalue weighted by atomic mass is 9.76. The van der Waals surface area contributed by atoms with Crippen LogP contribution in [0.25, 0.3) is 0 Å². The first-order valence-electron chi connectivity index (χ1n) is 7.36. The molecular formula is C18H17NO2. The van der Waals surface area contributed by atoms with Crippen molar-refractivity contribution in [3.63, 3.8) is 0 Å². The minimum atomic E-state index is -0.136. The number of carbonyl (C=O) groups is 1. The van der Waals surface area contributed by atoms with Crippen molar-refractivity contribution in [2.24, 2.45) is 0 Å². The SMILES string of the molecule is CN1CC[C@@H]2c3ccccc3Oc3ccccc3[C@H]2C1=O. The number of rotatable bonds is 0. The molecule has 0 spiro atoms. The summed E-state index contributed by atoms with van der Waals surface area (Å²) < 4.78 is 6.11. The van der Waals surface area contributed by atoms with Crippen molar-refractivity contribution in [3.8, 4) is 11.5 Å². The van der Waals surface area contributed by atoms with Gasteiger partial charge in [-0.05, 0) is 24.1 Å². The maximum Gasteiger partial charge on any atom is 0.230 e. The van der Waals surface area contributed by atoms with E-state index in [0.29, 0.717) is 0 Å². The van der Waals surface area contributed by atoms with Gasteiger partial charge in [-0.2, -0.15) is 0 Å². The Morgan fingerprint density at radius 1 is 1.00 bits per heavy atom. The normalized spacial score (nSPS) is 23.5. The molecule has 0 saturated carbocycles. The van der Waals surface area contributed by atoms with Gasteiger partial charge in [0.1, 0.15) is 11.5 Å². The second-order valence-electron chi connectivity index (χ2n) is 5.81. The Morgan fingerprint density at radius 2 is 1.62 bits per heavy atom. The number of amides is 1. The summed E-state index contributed by atoms with van der Waals surface area (Å²) in [7, 11) is 1.89. The van der Waals surface area contributed by atoms with E-state index in [-0.39, 0.29) is 17.7 Å². The summed E-state index contributed by atoms with van der Waals surface area (Å²) in [5.74, 6) is 1.95. The van der Waals surface area contributed by atoms with E-state index >= 15 is 0 Å². The maximum atomic E-state index is 12.8. The molecule has 3 nitrogen and oxygen atoms in total. The number of piperidine rings is 1. The average Bonchev–Trinajstić information content (AvgIpc) is 2.65. The van der Waals surface area contributed by atoms with E-state index < -0.39 is 0 Å². The monoisotopic (exact) mass is 279 g/mol. The van der Waals surface area contributed by atoms with Gasteiger partial charge in [0.2, 0.25) is 5.91 Å². The summed E-state index contributed by atoms with van der Waals surface area (Å²) in [5, 5.41) is 0. The van der Waals surface area contributed by atoms with E-state index in [1.165, 1.54) is 0 Å². The maximum absolute atomic E-state index is 12.8. The van der Waals surface area contributed by atoms with Gasteiger partial charge < -0.3 is 9.64 Å². The Balaban J connectivity index is 1.95. The van der Waals surface area contributed by atoms with Crippen molar-refractivity contribution in [1.29, 1.82) is 0 Å². The molecule has 0 N–H and O–H groups in total. The number of nitrogens with zero attached hydrogens (tertiary/aromatic N) is 1. The third-order valence-electron chi connectivity index (χ3n) is 4.61. The van der Waals surface area contributed by atoms with Crippen LogP contribution in [-0.4, -0.2) is 24.4 Å². The first kappa shape index (κ1) is 12.5. The van der Waals surface area contributed by atoms with Crippen LogP contribution in [0.3, 0.4) is 0 Å². The number of hydrogen-bond acceptors (Lipinski definition) is 2. The molecular weight excluding hydrogens is 262 g/mol. The van der Waals surface area contributed by atoms with Crippen LogP contribution < -0.4 is 4.74 Å². The van der Waals surface area contributed by atoms with Crippen LogP contribution in [-0.2, 0) is 4.79 Å². The van der Waals surface area contributed by atoms with E-state index in [1.807, 2.05) is 54.4 Å². The number of benzene rings is 2. The molecule has 2 atom stereocenters. The summed E-state index contributed by atoms with van der Waals surface area (Å²) >= 11 is 0. The molecule has 0 aliphatic carbocycles. The quantitative estimate of drug-likeness (QED) is 0.738. The molecule has 1 saturated heterocycles. The lowest BCUT2D eigenvalue weighted by molar-refractivity contribution is -0.134. The molecule has 106 valence electrons. The molecule has 1 amide bonds. The zero-order chi connectivity index (χ0) is 14.4. The highest BCUT2D eigenvalue weighted by atomic mass is 16.5. The second kappa shape index (κ2) is 4.62. The molecule has 0 aromatic heterocycles. The Hall–Kier alpha value is -2.29. The molecule has 21 heavy (non-hydrogen) atoms. The van der Waals surface area contributed by atoms with Gasteiger partial charge in [0.25, 0.3) is 0 Å². The molecule has 4 rings (SSSR count). The number of hydrogen-bond donors (Lipinski definition) is 0. The Kier molecular flexibility index (Phi) is 2.74. The van der Waals surface area contributed by atoms with E-state index in [2.05, 4.69) is 6.07 Å². The fraction of sp³-hybridized carbons (Fsp3) is 0.278. The van der Waals surface area contributed by atoms with Gasteiger partial charge in [-0.1, -0.05) is 36.4 Å². The fourth-order valence-electron chi connectivity index (χ4n) is 3.53. The van der Waals surface area contributed by atoms with Gasteiger partial charge in [0.15, 0.2) is 0 Å². The van der Waals surface area contributed by atoms with Crippen LogP contribution in [0.2, 0.25) is 0 Å². The van der Waals surface area contributed by atoms with Crippen molar-refractivity contribution in [2.45, 2.75) is 18.3 Å². The number of carbonyl (C=O) groups excluding carboxylic acids is 1. The predicted molar refractivity (Wildman–Crippen MR) is 80.7 cm³/mol. The molecule has 2 aromatic rings. The highest BCUT2D eigenvalue weighted by Gasteiger charge is 2.41. The molecule has 0 bridgehead atoms. The number of likely N-dealkylation sites (N-methyl/N-ethyl adjacent to an activating group) is 1. The Labute approximate surface area is 124 Å². The summed E-state index contributed by atoms with van der Waals surface area (Å²) in [4.78, 5) is 14.6. The number of likely N-dealkylation sites (tertiary alicyclic amines) is 1. The lowest BCUT2D eigenvalue weighted by Gasteiger charge is -2.35. The number of ether oxygens (including phenoxy) is 1. The van der Waals surface area contributed by atoms with Gasteiger partial charge in [-0.15, -0.1) is 0 Å². The lowest BCUT2D eigenvalue weighted by Crippen LogP contribution is -2.40. The molecule has 0 radical (unpaired) electrons. The first-order chi connectivity index (χ1) is 10.3. The van der Waals surface area contributed by atoms with Crippen molar-refractivity contribution in [3.05, 3.63) is 59.7 Å². The second-order valence-corrected chi connectivity index (χ2v) is 5.81. The minimum absolute atomic E-state index is 0.136. The van der Waals surface area contributed by atoms with E-state index in [9.17, 15) is 4.79 Å². The summed E-state index contributed by atoms with van der Waals surface area (Å²) in [6, 6.07) is 16.0. The summed E-state index contributed by atoms with van der Waals surface area (Å²) in [6.07, 6.45) is 0.974. The molecule has 2 aromatic carbocycles. The molecule has 2 heterocycles. The molecule has 1 fully saturated rings. The third-order valence-corrected chi connectivity index (χ3v) is 4.61. The zero-order valence-corrected chi connectivity index (χ0v) is 12.0. The molecule has 2 aliphatic rings. The van der Waals surface area contributed by atoms with E-state index in [4.69, 9.17) is 4.74 Å². The third kappa shape index (κ3) is 1.84. The molecule has 0 unspecified atom stereocenters. The van der Waals surface area contributed by atoms with Crippen LogP contribution in [0, 0.1) is 0 Å². The van der Waals surface area contributed by atoms with E-state index in [0.717, 1.165) is 35.6 Å². The van der Waals surface area contributed by atoms with Crippen molar-refractivity contribution in [1.82, 2.24) is 4.90 Å². The van der Waals surface area contributed by atoms with Crippen LogP contribution in [0.1, 0.15) is 29.4 Å². The standard InChI is InChI=1S/C18H17NO2/c1-19-11-10-13-12-6-2-4-8-15(12)21-16-9-5-3-7-14(16)17(13)18(19)20/h2-9,13,17H,10-11H2,1H3/t13-,17+/m1/s1. The molecule has 2 aliphatic heterocycles. The van der Waals surface area contributed by atoms with Gasteiger partial charge in [-0.3, -0.25) is 4.79 Å². The largest absolute Gasteiger partial charge is 0.457 e. The van der Waals surface area contributed by atoms with Crippen molar-refractivity contribution in [2.75, 3.05) is 13.6 Å². The van der Waals surface area contributed by atoms with Crippen LogP contribution in [0.5, 0.6) is 11.5 Å². The van der Waals surface area contributed by atoms with Crippen molar-refractivity contribution >= 4 is 5.91 Å². The smallest absolute Gasteiger partial charge is 0.230 e. The molecule has 3 heteroatoms. The zero-order valence-electron chi connectivity index (χ0n) is 12.0. The van der Waals surface area contributed by atoms with Gasteiger partial charge >= 0.3 is 0 Å². The van der Waals surface area contributed by atoms with Crippen LogP contribution in [0.4, 0.5) is 0 Å². The number of para-hydroxylation sites is 2. The van der Waals surface area contributed by atoms with Gasteiger partial charge in [0, 0.05) is 25.1 Å². The Bertz CT molecular complexity index is 710. The highest BCUT2D eigenvalue weighted by molar-refractivity contribution is 5.87. The van der Waals surface area contributed by atoms with Gasteiger partial charge in [0.05, 0.1) is 5.92 Å². The van der Waals surface area contributed by atoms with E-state index in [1.54, 1.807) is 0 Å². The number of fused-ring (bicyclic) bond motifs is 5. The van der Waals surface area contributed by atoms with Gasteiger partial charge in [-0.25, -0.2) is 0 Å². The van der Waals surface area contributed by atoms with Crippen LogP contribution >= 0.6 is 0 Å². The van der Waals surface area contributed by atoms with Crippen molar-refractivity contribution < 1.29 is 9.53 Å².